The molecular formula is C16H19ClN2. The molecule has 1 unspecified atom stereocenters. The molecule has 0 amide bonds. The van der Waals surface area contributed by atoms with Gasteiger partial charge in [0.05, 0.1) is 5.38 Å². The normalized spacial score (nSPS) is 12.5. The molecule has 1 aromatic carbocycles. The molecule has 1 heterocycles. The summed E-state index contributed by atoms with van der Waals surface area (Å²) in [6, 6.07) is 6.48. The Morgan fingerprint density at radius 2 is 1.89 bits per heavy atom. The monoisotopic (exact) mass is 274 g/mol. The van der Waals surface area contributed by atoms with E-state index in [0.29, 0.717) is 0 Å². The lowest BCUT2D eigenvalue weighted by Gasteiger charge is -2.09. The molecule has 0 aliphatic carbocycles. The molecule has 0 radical (unpaired) electrons. The van der Waals surface area contributed by atoms with Crippen LogP contribution in [0.4, 0.5) is 0 Å². The second-order valence-corrected chi connectivity index (χ2v) is 5.69. The third-order valence-electron chi connectivity index (χ3n) is 3.43. The van der Waals surface area contributed by atoms with Gasteiger partial charge in [0, 0.05) is 23.9 Å². The number of alkyl halides is 1. The van der Waals surface area contributed by atoms with Crippen molar-refractivity contribution >= 4 is 11.6 Å². The maximum absolute atomic E-state index is 6.08. The first-order valence-electron chi connectivity index (χ1n) is 6.50. The van der Waals surface area contributed by atoms with Crippen molar-refractivity contribution in [1.29, 1.82) is 0 Å². The van der Waals surface area contributed by atoms with Crippen molar-refractivity contribution in [2.75, 3.05) is 0 Å². The Bertz CT molecular complexity index is 591. The third kappa shape index (κ3) is 3.32. The Morgan fingerprint density at radius 3 is 2.47 bits per heavy atom. The van der Waals surface area contributed by atoms with Crippen molar-refractivity contribution in [3.05, 3.63) is 58.2 Å². The number of halogens is 1. The second kappa shape index (κ2) is 5.70. The summed E-state index contributed by atoms with van der Waals surface area (Å²) in [7, 11) is 0. The van der Waals surface area contributed by atoms with Crippen LogP contribution >= 0.6 is 11.6 Å². The number of aryl methyl sites for hydroxylation is 3. The van der Waals surface area contributed by atoms with Crippen LogP contribution in [0, 0.1) is 20.8 Å². The summed E-state index contributed by atoms with van der Waals surface area (Å²) < 4.78 is 0. The molecule has 2 aromatic rings. The number of hydrogen-bond donors (Lipinski definition) is 0. The first-order chi connectivity index (χ1) is 8.97. The minimum atomic E-state index is -0.0457. The molecule has 100 valence electrons. The van der Waals surface area contributed by atoms with E-state index in [1.54, 1.807) is 0 Å². The quantitative estimate of drug-likeness (QED) is 0.780. The third-order valence-corrected chi connectivity index (χ3v) is 3.66. The molecule has 0 aliphatic heterocycles. The fraction of sp³-hybridized carbons (Fsp3) is 0.375. The number of rotatable bonds is 3. The Morgan fingerprint density at radius 1 is 1.16 bits per heavy atom. The van der Waals surface area contributed by atoms with Crippen LogP contribution in [0.15, 0.2) is 24.4 Å². The lowest BCUT2D eigenvalue weighted by Crippen LogP contribution is -2.02. The summed E-state index contributed by atoms with van der Waals surface area (Å²) in [5.41, 5.74) is 5.84. The summed E-state index contributed by atoms with van der Waals surface area (Å²) in [5.74, 6) is 0.849. The van der Waals surface area contributed by atoms with Crippen LogP contribution in [0.5, 0.6) is 0 Å². The Kier molecular flexibility index (Phi) is 4.20. The van der Waals surface area contributed by atoms with Crippen molar-refractivity contribution in [2.45, 2.75) is 39.5 Å². The Balaban J connectivity index is 2.24. The average molecular weight is 275 g/mol. The highest BCUT2D eigenvalue weighted by Crippen LogP contribution is 2.21. The lowest BCUT2D eigenvalue weighted by molar-refractivity contribution is 0.894. The zero-order chi connectivity index (χ0) is 14.0. The van der Waals surface area contributed by atoms with Gasteiger partial charge in [-0.2, -0.15) is 0 Å². The van der Waals surface area contributed by atoms with E-state index in [2.05, 4.69) is 42.0 Å². The number of hydrogen-bond acceptors (Lipinski definition) is 2. The fourth-order valence-corrected chi connectivity index (χ4v) is 2.31. The van der Waals surface area contributed by atoms with E-state index in [9.17, 15) is 0 Å². The summed E-state index contributed by atoms with van der Waals surface area (Å²) in [4.78, 5) is 8.96. The lowest BCUT2D eigenvalue weighted by atomic mass is 10.0. The first kappa shape index (κ1) is 14.0. The summed E-state index contributed by atoms with van der Waals surface area (Å²) in [5, 5.41) is -0.0457. The summed E-state index contributed by atoms with van der Waals surface area (Å²) in [6.07, 6.45) is 2.61. The standard InChI is InChI=1S/C16H19ClN2/c1-10-5-6-14(7-11(10)2)8-16-18-9-15(12(3)17)13(4)19-16/h5-7,9,12H,8H2,1-4H3. The van der Waals surface area contributed by atoms with Crippen LogP contribution in [0.1, 0.15) is 46.1 Å². The maximum Gasteiger partial charge on any atom is 0.132 e. The van der Waals surface area contributed by atoms with Gasteiger partial charge in [0.15, 0.2) is 0 Å². The average Bonchev–Trinajstić information content (AvgIpc) is 2.33. The molecule has 1 atom stereocenters. The van der Waals surface area contributed by atoms with Crippen molar-refractivity contribution in [2.24, 2.45) is 0 Å². The van der Waals surface area contributed by atoms with E-state index >= 15 is 0 Å². The van der Waals surface area contributed by atoms with Crippen LogP contribution in [0.25, 0.3) is 0 Å². The second-order valence-electron chi connectivity index (χ2n) is 5.04. The van der Waals surface area contributed by atoms with E-state index in [1.165, 1.54) is 16.7 Å². The van der Waals surface area contributed by atoms with Gasteiger partial charge in [-0.1, -0.05) is 18.2 Å². The smallest absolute Gasteiger partial charge is 0.132 e. The predicted molar refractivity (Wildman–Crippen MR) is 79.8 cm³/mol. The minimum absolute atomic E-state index is 0.0457. The van der Waals surface area contributed by atoms with Gasteiger partial charge in [-0.25, -0.2) is 9.97 Å². The fourth-order valence-electron chi connectivity index (χ4n) is 2.10. The van der Waals surface area contributed by atoms with E-state index in [4.69, 9.17) is 11.6 Å². The largest absolute Gasteiger partial charge is 0.241 e. The number of nitrogens with zero attached hydrogens (tertiary/aromatic N) is 2. The van der Waals surface area contributed by atoms with Crippen molar-refractivity contribution < 1.29 is 0 Å². The van der Waals surface area contributed by atoms with E-state index in [0.717, 1.165) is 23.5 Å². The van der Waals surface area contributed by atoms with Crippen LogP contribution < -0.4 is 0 Å². The van der Waals surface area contributed by atoms with Crippen molar-refractivity contribution in [3.8, 4) is 0 Å². The molecule has 0 saturated heterocycles. The van der Waals surface area contributed by atoms with Crippen molar-refractivity contribution in [3.63, 3.8) is 0 Å². The van der Waals surface area contributed by atoms with Gasteiger partial charge in [0.1, 0.15) is 5.82 Å². The summed E-state index contributed by atoms with van der Waals surface area (Å²) in [6.45, 7) is 8.18. The molecule has 0 aliphatic rings. The van der Waals surface area contributed by atoms with Crippen LogP contribution in [-0.4, -0.2) is 9.97 Å². The molecule has 0 bridgehead atoms. The predicted octanol–water partition coefficient (Wildman–Crippen LogP) is 4.29. The Labute approximate surface area is 119 Å². The van der Waals surface area contributed by atoms with Crippen LogP contribution in [0.3, 0.4) is 0 Å². The highest BCUT2D eigenvalue weighted by molar-refractivity contribution is 6.20. The SMILES string of the molecule is Cc1ccc(Cc2ncc(C(C)Cl)c(C)n2)cc1C. The molecule has 0 spiro atoms. The maximum atomic E-state index is 6.08. The number of benzene rings is 1. The van der Waals surface area contributed by atoms with Crippen molar-refractivity contribution in [1.82, 2.24) is 9.97 Å². The molecular weight excluding hydrogens is 256 g/mol. The van der Waals surface area contributed by atoms with Crippen LogP contribution in [0.2, 0.25) is 0 Å². The molecule has 0 N–H and O–H groups in total. The van der Waals surface area contributed by atoms with E-state index < -0.39 is 0 Å². The molecule has 19 heavy (non-hydrogen) atoms. The van der Waals surface area contributed by atoms with Gasteiger partial charge in [0.2, 0.25) is 0 Å². The summed E-state index contributed by atoms with van der Waals surface area (Å²) >= 11 is 6.08. The zero-order valence-electron chi connectivity index (χ0n) is 11.9. The highest BCUT2D eigenvalue weighted by atomic mass is 35.5. The van der Waals surface area contributed by atoms with Gasteiger partial charge in [0.25, 0.3) is 0 Å². The molecule has 0 saturated carbocycles. The van der Waals surface area contributed by atoms with Crippen LogP contribution in [-0.2, 0) is 6.42 Å². The molecule has 0 fully saturated rings. The van der Waals surface area contributed by atoms with E-state index in [1.807, 2.05) is 20.0 Å². The molecule has 1 aromatic heterocycles. The topological polar surface area (TPSA) is 25.8 Å². The minimum Gasteiger partial charge on any atom is -0.241 e. The molecule has 3 heteroatoms. The van der Waals surface area contributed by atoms with Gasteiger partial charge >= 0.3 is 0 Å². The number of aromatic nitrogens is 2. The van der Waals surface area contributed by atoms with Gasteiger partial charge in [-0.3, -0.25) is 0 Å². The first-order valence-corrected chi connectivity index (χ1v) is 6.93. The van der Waals surface area contributed by atoms with Gasteiger partial charge < -0.3 is 0 Å². The van der Waals surface area contributed by atoms with Gasteiger partial charge in [-0.05, 0) is 44.4 Å². The highest BCUT2D eigenvalue weighted by Gasteiger charge is 2.09. The Hall–Kier alpha value is -1.41. The molecule has 2 nitrogen and oxygen atoms in total. The van der Waals surface area contributed by atoms with E-state index in [-0.39, 0.29) is 5.38 Å². The van der Waals surface area contributed by atoms with Gasteiger partial charge in [-0.15, -0.1) is 11.6 Å². The molecule has 2 rings (SSSR count). The zero-order valence-corrected chi connectivity index (χ0v) is 12.6.